The van der Waals surface area contributed by atoms with Gasteiger partial charge in [-0.3, -0.25) is 4.79 Å². The maximum Gasteiger partial charge on any atom is 0.343 e. The number of aryl methyl sites for hydroxylation is 1. The lowest BCUT2D eigenvalue weighted by Gasteiger charge is -2.03. The molecule has 0 aliphatic rings. The van der Waals surface area contributed by atoms with Crippen molar-refractivity contribution in [1.29, 1.82) is 0 Å². The minimum Gasteiger partial charge on any atom is -0.358 e. The van der Waals surface area contributed by atoms with Crippen LogP contribution in [0.3, 0.4) is 0 Å². The minimum atomic E-state index is -0.670. The van der Waals surface area contributed by atoms with Crippen molar-refractivity contribution in [2.45, 2.75) is 13.5 Å². The molecule has 0 aromatic carbocycles. The van der Waals surface area contributed by atoms with Crippen LogP contribution in [0.5, 0.6) is 0 Å². The Morgan fingerprint density at radius 3 is 3.00 bits per heavy atom. The van der Waals surface area contributed by atoms with Crippen LogP contribution in [0.2, 0.25) is 0 Å². The highest BCUT2D eigenvalue weighted by Gasteiger charge is 2.19. The number of nitro groups is 1. The van der Waals surface area contributed by atoms with Crippen molar-refractivity contribution < 1.29 is 14.1 Å². The number of alkyl halides is 1. The van der Waals surface area contributed by atoms with Gasteiger partial charge in [-0.2, -0.15) is 0 Å². The van der Waals surface area contributed by atoms with Crippen LogP contribution >= 0.6 is 0 Å². The average Bonchev–Trinajstić information content (AvgIpc) is 2.58. The fraction of sp³-hybridized carbons (Fsp3) is 0.500. The van der Waals surface area contributed by atoms with Crippen LogP contribution in [0.15, 0.2) is 6.20 Å². The van der Waals surface area contributed by atoms with Crippen LogP contribution in [0.1, 0.15) is 5.82 Å². The van der Waals surface area contributed by atoms with Crippen LogP contribution in [-0.4, -0.2) is 33.6 Å². The number of carbonyl (C=O) groups excluding carboxylic acids is 1. The summed E-state index contributed by atoms with van der Waals surface area (Å²) in [5.41, 5.74) is 0. The lowest BCUT2D eigenvalue weighted by molar-refractivity contribution is -0.392. The number of aromatic nitrogens is 2. The highest BCUT2D eigenvalue weighted by Crippen LogP contribution is 2.12. The number of carbonyl (C=O) groups is 1. The van der Waals surface area contributed by atoms with Crippen molar-refractivity contribution >= 4 is 11.7 Å². The molecular formula is C8H11FN4O3. The molecule has 16 heavy (non-hydrogen) atoms. The molecule has 0 unspecified atom stereocenters. The van der Waals surface area contributed by atoms with Gasteiger partial charge in [0.15, 0.2) is 12.4 Å². The molecule has 0 spiro atoms. The second kappa shape index (κ2) is 5.19. The number of imidazole rings is 1. The third-order valence-corrected chi connectivity index (χ3v) is 1.94. The summed E-state index contributed by atoms with van der Waals surface area (Å²) in [7, 11) is 0. The Hall–Kier alpha value is -1.99. The fourth-order valence-electron chi connectivity index (χ4n) is 1.18. The number of rotatable bonds is 5. The number of halogens is 1. The molecule has 1 rings (SSSR count). The molecule has 0 aliphatic heterocycles. The monoisotopic (exact) mass is 230 g/mol. The van der Waals surface area contributed by atoms with E-state index in [0.717, 1.165) is 10.8 Å². The Morgan fingerprint density at radius 1 is 1.75 bits per heavy atom. The molecule has 8 heteroatoms. The molecule has 1 aromatic heterocycles. The maximum atomic E-state index is 11.8. The lowest BCUT2D eigenvalue weighted by atomic mass is 10.5. The van der Waals surface area contributed by atoms with Crippen molar-refractivity contribution in [2.24, 2.45) is 0 Å². The molecule has 0 fully saturated rings. The van der Waals surface area contributed by atoms with Gasteiger partial charge in [0.25, 0.3) is 5.91 Å². The van der Waals surface area contributed by atoms with E-state index in [2.05, 4.69) is 10.3 Å². The summed E-state index contributed by atoms with van der Waals surface area (Å²) >= 11 is 0. The molecule has 0 radical (unpaired) electrons. The van der Waals surface area contributed by atoms with Crippen molar-refractivity contribution in [3.05, 3.63) is 22.1 Å². The first-order chi connectivity index (χ1) is 7.56. The largest absolute Gasteiger partial charge is 0.358 e. The van der Waals surface area contributed by atoms with Crippen molar-refractivity contribution in [1.82, 2.24) is 14.9 Å². The minimum absolute atomic E-state index is 0.0968. The summed E-state index contributed by atoms with van der Waals surface area (Å²) in [5.74, 6) is -0.378. The van der Waals surface area contributed by atoms with Crippen LogP contribution in [0, 0.1) is 17.0 Å². The van der Waals surface area contributed by atoms with Gasteiger partial charge in [0.2, 0.25) is 0 Å². The van der Waals surface area contributed by atoms with Gasteiger partial charge in [0.1, 0.15) is 12.9 Å². The molecule has 0 saturated heterocycles. The summed E-state index contributed by atoms with van der Waals surface area (Å²) in [6.07, 6.45) is 1.08. The predicted molar refractivity (Wildman–Crippen MR) is 52.6 cm³/mol. The van der Waals surface area contributed by atoms with Gasteiger partial charge in [-0.15, -0.1) is 0 Å². The average molecular weight is 230 g/mol. The molecule has 0 atom stereocenters. The Kier molecular flexibility index (Phi) is 3.92. The first-order valence-electron chi connectivity index (χ1n) is 4.55. The van der Waals surface area contributed by atoms with E-state index in [-0.39, 0.29) is 18.9 Å². The molecule has 0 saturated carbocycles. The van der Waals surface area contributed by atoms with Gasteiger partial charge >= 0.3 is 5.82 Å². The zero-order valence-corrected chi connectivity index (χ0v) is 8.64. The van der Waals surface area contributed by atoms with Crippen LogP contribution in [0.25, 0.3) is 0 Å². The Morgan fingerprint density at radius 2 is 2.44 bits per heavy atom. The number of nitrogens with zero attached hydrogens (tertiary/aromatic N) is 3. The Bertz CT molecular complexity index is 404. The molecule has 1 amide bonds. The predicted octanol–water partition coefficient (Wildman–Crippen LogP) is 0.185. The van der Waals surface area contributed by atoms with Gasteiger partial charge in [0, 0.05) is 13.5 Å². The van der Waals surface area contributed by atoms with Gasteiger partial charge in [0.05, 0.1) is 0 Å². The first kappa shape index (κ1) is 12.1. The molecular weight excluding hydrogens is 219 g/mol. The van der Waals surface area contributed by atoms with Crippen LogP contribution in [-0.2, 0) is 11.3 Å². The van der Waals surface area contributed by atoms with Crippen molar-refractivity contribution in [3.63, 3.8) is 0 Å². The van der Waals surface area contributed by atoms with Crippen LogP contribution in [0.4, 0.5) is 10.2 Å². The van der Waals surface area contributed by atoms with E-state index in [0.29, 0.717) is 5.82 Å². The molecule has 7 nitrogen and oxygen atoms in total. The van der Waals surface area contributed by atoms with Crippen LogP contribution < -0.4 is 5.32 Å². The van der Waals surface area contributed by atoms with Gasteiger partial charge in [-0.25, -0.2) is 13.9 Å². The summed E-state index contributed by atoms with van der Waals surface area (Å²) in [6, 6.07) is 0. The van der Waals surface area contributed by atoms with E-state index >= 15 is 0 Å². The van der Waals surface area contributed by atoms with E-state index < -0.39 is 17.5 Å². The Balaban J connectivity index is 2.76. The first-order valence-corrected chi connectivity index (χ1v) is 4.55. The van der Waals surface area contributed by atoms with E-state index in [4.69, 9.17) is 0 Å². The highest BCUT2D eigenvalue weighted by molar-refractivity contribution is 5.76. The second-order valence-corrected chi connectivity index (χ2v) is 3.05. The van der Waals surface area contributed by atoms with Gasteiger partial charge in [-0.1, -0.05) is 0 Å². The number of nitrogens with one attached hydrogen (secondary N) is 1. The normalized spacial score (nSPS) is 10.1. The number of amides is 1. The zero-order valence-electron chi connectivity index (χ0n) is 8.64. The molecule has 1 aromatic rings. The molecule has 0 bridgehead atoms. The Labute approximate surface area is 90.4 Å². The maximum absolute atomic E-state index is 11.8. The smallest absolute Gasteiger partial charge is 0.343 e. The van der Waals surface area contributed by atoms with E-state index in [1.165, 1.54) is 0 Å². The van der Waals surface area contributed by atoms with E-state index in [1.807, 2.05) is 0 Å². The third-order valence-electron chi connectivity index (χ3n) is 1.94. The number of hydrogen-bond donors (Lipinski definition) is 1. The van der Waals surface area contributed by atoms with Crippen molar-refractivity contribution in [2.75, 3.05) is 13.2 Å². The number of hydrogen-bond acceptors (Lipinski definition) is 4. The van der Waals surface area contributed by atoms with Gasteiger partial charge in [-0.05, 0) is 4.92 Å². The van der Waals surface area contributed by atoms with Crippen molar-refractivity contribution in [3.8, 4) is 0 Å². The van der Waals surface area contributed by atoms with Gasteiger partial charge < -0.3 is 15.4 Å². The highest BCUT2D eigenvalue weighted by atomic mass is 19.1. The topological polar surface area (TPSA) is 90.1 Å². The molecule has 1 heterocycles. The quantitative estimate of drug-likeness (QED) is 0.577. The fourth-order valence-corrected chi connectivity index (χ4v) is 1.18. The standard InChI is InChI=1S/C8H11FN4O3/c1-6-11-4-8(13(15)16)12(6)5-7(14)10-3-2-9/h4H,2-3,5H2,1H3,(H,10,14). The summed E-state index contributed by atoms with van der Waals surface area (Å²) < 4.78 is 12.9. The van der Waals surface area contributed by atoms with E-state index in [9.17, 15) is 19.3 Å². The lowest BCUT2D eigenvalue weighted by Crippen LogP contribution is -2.29. The third kappa shape index (κ3) is 2.75. The molecule has 1 N–H and O–H groups in total. The SMILES string of the molecule is Cc1ncc([N+](=O)[O-])n1CC(=O)NCCF. The van der Waals surface area contributed by atoms with E-state index in [1.54, 1.807) is 6.92 Å². The zero-order chi connectivity index (χ0) is 12.1. The molecule has 88 valence electrons. The summed E-state index contributed by atoms with van der Waals surface area (Å²) in [6.45, 7) is 0.550. The second-order valence-electron chi connectivity index (χ2n) is 3.05. The molecule has 0 aliphatic carbocycles. The summed E-state index contributed by atoms with van der Waals surface area (Å²) in [4.78, 5) is 24.9. The summed E-state index contributed by atoms with van der Waals surface area (Å²) in [5, 5.41) is 12.9.